The van der Waals surface area contributed by atoms with Crippen molar-refractivity contribution in [2.24, 2.45) is 10.9 Å². The number of carboxylic acids is 1. The predicted molar refractivity (Wildman–Crippen MR) is 149 cm³/mol. The van der Waals surface area contributed by atoms with Crippen LogP contribution in [-0.4, -0.2) is 43.0 Å². The second kappa shape index (κ2) is 12.3. The zero-order chi connectivity index (χ0) is 29.9. The number of halogens is 3. The van der Waals surface area contributed by atoms with Gasteiger partial charge >= 0.3 is 12.3 Å². The molecule has 0 atom stereocenters. The number of carbonyl (C=O) groups excluding carboxylic acids is 1. The molecule has 0 saturated heterocycles. The third kappa shape index (κ3) is 7.11. The first kappa shape index (κ1) is 29.2. The third-order valence-electron chi connectivity index (χ3n) is 7.68. The second-order valence-electron chi connectivity index (χ2n) is 10.5. The van der Waals surface area contributed by atoms with Crippen LogP contribution in [0.5, 0.6) is 11.5 Å². The van der Waals surface area contributed by atoms with Crippen LogP contribution in [0.1, 0.15) is 49.1 Å². The maximum atomic E-state index is 12.9. The molecule has 3 aliphatic rings. The summed E-state index contributed by atoms with van der Waals surface area (Å²) >= 11 is 0. The van der Waals surface area contributed by atoms with E-state index in [-0.39, 0.29) is 24.6 Å². The van der Waals surface area contributed by atoms with Gasteiger partial charge in [0.2, 0.25) is 6.67 Å². The number of amidine groups is 1. The Morgan fingerprint density at radius 2 is 1.86 bits per heavy atom. The highest BCUT2D eigenvalue weighted by Gasteiger charge is 2.35. The minimum atomic E-state index is -4.84. The van der Waals surface area contributed by atoms with Crippen LogP contribution < -0.4 is 24.6 Å². The van der Waals surface area contributed by atoms with Crippen LogP contribution in [0.15, 0.2) is 71.6 Å². The molecule has 0 aromatic heterocycles. The Morgan fingerprint density at radius 3 is 2.52 bits per heavy atom. The van der Waals surface area contributed by atoms with Crippen molar-refractivity contribution in [3.63, 3.8) is 0 Å². The lowest BCUT2D eigenvalue weighted by Gasteiger charge is -2.28. The van der Waals surface area contributed by atoms with E-state index in [4.69, 9.17) is 9.84 Å². The van der Waals surface area contributed by atoms with Gasteiger partial charge in [-0.15, -0.1) is 13.2 Å². The summed E-state index contributed by atoms with van der Waals surface area (Å²) in [6.07, 6.45) is 4.58. The molecule has 0 bridgehead atoms. The van der Waals surface area contributed by atoms with Gasteiger partial charge in [0, 0.05) is 36.5 Å². The quantitative estimate of drug-likeness (QED) is 0.386. The summed E-state index contributed by atoms with van der Waals surface area (Å²) in [6.45, 7) is 0.352. The molecule has 2 aromatic rings. The first-order chi connectivity index (χ1) is 20.1. The maximum Gasteiger partial charge on any atom is 0.573 e. The highest BCUT2D eigenvalue weighted by Crippen LogP contribution is 2.37. The number of fused-ring (bicyclic) bond motifs is 1. The van der Waals surface area contributed by atoms with E-state index < -0.39 is 24.0 Å². The number of aliphatic carboxylic acids is 1. The van der Waals surface area contributed by atoms with E-state index in [1.807, 2.05) is 16.0 Å². The highest BCUT2D eigenvalue weighted by atomic mass is 19.4. The normalized spacial score (nSPS) is 20.4. The zero-order valence-electron chi connectivity index (χ0n) is 22.9. The van der Waals surface area contributed by atoms with Gasteiger partial charge in [-0.25, -0.2) is 0 Å². The number of aliphatic imine (C=N–C) groups is 1. The van der Waals surface area contributed by atoms with Crippen molar-refractivity contribution in [2.75, 3.05) is 18.7 Å². The summed E-state index contributed by atoms with van der Waals surface area (Å²) in [4.78, 5) is 32.1. The third-order valence-corrected chi connectivity index (χ3v) is 7.68. The van der Waals surface area contributed by atoms with Crippen molar-refractivity contribution in [2.45, 2.75) is 50.9 Å². The number of rotatable bonds is 9. The Labute approximate surface area is 240 Å². The van der Waals surface area contributed by atoms with E-state index in [2.05, 4.69) is 39.3 Å². The van der Waals surface area contributed by atoms with Crippen molar-refractivity contribution in [1.29, 1.82) is 0 Å². The maximum absolute atomic E-state index is 12.9. The van der Waals surface area contributed by atoms with Crippen LogP contribution in [0.25, 0.3) is 0 Å². The Morgan fingerprint density at radius 1 is 1.12 bits per heavy atom. The molecule has 2 aliphatic heterocycles. The van der Waals surface area contributed by atoms with Gasteiger partial charge in [-0.3, -0.25) is 14.5 Å². The summed E-state index contributed by atoms with van der Waals surface area (Å²) in [5, 5.41) is 11.7. The summed E-state index contributed by atoms with van der Waals surface area (Å²) in [6, 6.07) is 12.0. The van der Waals surface area contributed by atoms with E-state index in [1.165, 1.54) is 24.8 Å². The summed E-state index contributed by atoms with van der Waals surface area (Å²) in [7, 11) is 1.38. The molecule has 221 valence electrons. The number of amides is 1. The van der Waals surface area contributed by atoms with Crippen LogP contribution in [0.4, 0.5) is 18.9 Å². The fourth-order valence-corrected chi connectivity index (χ4v) is 5.56. The van der Waals surface area contributed by atoms with E-state index in [0.29, 0.717) is 29.7 Å². The Balaban J connectivity index is 1.17. The van der Waals surface area contributed by atoms with Gasteiger partial charge in [-0.05, 0) is 73.4 Å². The van der Waals surface area contributed by atoms with Crippen LogP contribution >= 0.6 is 0 Å². The molecule has 9 nitrogen and oxygen atoms in total. The Bertz CT molecular complexity index is 1410. The Hall–Kier alpha value is -4.32. The molecule has 0 spiro atoms. The number of nitrogens with zero attached hydrogens (tertiary/aromatic N) is 3. The molecular weight excluding hydrogens is 553 g/mol. The van der Waals surface area contributed by atoms with Crippen LogP contribution in [0.2, 0.25) is 0 Å². The average Bonchev–Trinajstić information content (AvgIpc) is 3.39. The van der Waals surface area contributed by atoms with Crippen LogP contribution in [0.3, 0.4) is 0 Å². The molecule has 2 aromatic carbocycles. The fourth-order valence-electron chi connectivity index (χ4n) is 5.56. The number of anilines is 1. The largest absolute Gasteiger partial charge is 0.573 e. The molecule has 12 heteroatoms. The van der Waals surface area contributed by atoms with Gasteiger partial charge in [-0.1, -0.05) is 17.0 Å². The standard InChI is InChI=1S/C30H31F3N4O5/c1-41-26-11-10-24(42-30(31,32)33)15-22(26)16-34-29(40)25-17-37-18-36(13-12-27(37)35-25)23-8-6-21(7-9-23)20-4-2-19(3-5-20)14-28(38)39/h6-13,15,17,19-20H,2-5,14,16,18H2,1H3,(H,34,40)(H,38,39)/q+1. The zero-order valence-corrected chi connectivity index (χ0v) is 22.9. The van der Waals surface area contributed by atoms with E-state index in [1.54, 1.807) is 12.3 Å². The molecule has 5 rings (SSSR count). The predicted octanol–water partition coefficient (Wildman–Crippen LogP) is 5.34. The summed E-state index contributed by atoms with van der Waals surface area (Å²) in [5.74, 6) is -0.0127. The monoisotopic (exact) mass is 584 g/mol. The number of carboxylic acid groups (broad SMARTS) is 1. The molecule has 1 fully saturated rings. The van der Waals surface area contributed by atoms with Crippen molar-refractivity contribution in [1.82, 2.24) is 10.2 Å². The van der Waals surface area contributed by atoms with Crippen molar-refractivity contribution < 1.29 is 37.3 Å². The number of hydrogen-bond acceptors (Lipinski definition) is 7. The fraction of sp³-hybridized carbons (Fsp3) is 0.367. The molecule has 42 heavy (non-hydrogen) atoms. The van der Waals surface area contributed by atoms with E-state index >= 15 is 0 Å². The lowest BCUT2D eigenvalue weighted by atomic mass is 9.77. The van der Waals surface area contributed by atoms with Gasteiger partial charge in [0.25, 0.3) is 11.7 Å². The molecular formula is C30H31F3N4O5+. The number of carbonyl (C=O) groups is 2. The SMILES string of the molecule is COc1ccc(OC(F)(F)F)cc1CNC(=O)C1=C[N+]2CN(c3ccc(C4CCC(CC(=O)O)CC4)cc3)C=CC2=N1. The molecule has 2 N–H and O–H groups in total. The average molecular weight is 585 g/mol. The minimum absolute atomic E-state index is 0.0885. The Kier molecular flexibility index (Phi) is 8.53. The lowest BCUT2D eigenvalue weighted by molar-refractivity contribution is -0.274. The number of nitrogens with one attached hydrogen (secondary N) is 1. The van der Waals surface area contributed by atoms with Gasteiger partial charge in [0.15, 0.2) is 11.9 Å². The first-order valence-electron chi connectivity index (χ1n) is 13.6. The van der Waals surface area contributed by atoms with E-state index in [0.717, 1.165) is 37.4 Å². The molecule has 0 unspecified atom stereocenters. The number of hydrogen-bond donors (Lipinski definition) is 2. The lowest BCUT2D eigenvalue weighted by Crippen LogP contribution is -2.41. The van der Waals surface area contributed by atoms with Crippen molar-refractivity contribution >= 4 is 23.4 Å². The van der Waals surface area contributed by atoms with Crippen LogP contribution in [0, 0.1) is 5.92 Å². The van der Waals surface area contributed by atoms with Crippen LogP contribution in [-0.2, 0) is 16.1 Å². The van der Waals surface area contributed by atoms with Gasteiger partial charge in [0.1, 0.15) is 11.5 Å². The number of benzene rings is 2. The van der Waals surface area contributed by atoms with E-state index in [9.17, 15) is 22.8 Å². The molecule has 1 aliphatic carbocycles. The van der Waals surface area contributed by atoms with Crippen molar-refractivity contribution in [3.05, 3.63) is 77.8 Å². The molecule has 2 heterocycles. The van der Waals surface area contributed by atoms with Crippen molar-refractivity contribution in [3.8, 4) is 11.5 Å². The molecule has 1 radical (unpaired) electrons. The summed E-state index contributed by atoms with van der Waals surface area (Å²) in [5.41, 5.74) is 2.72. The minimum Gasteiger partial charge on any atom is -0.496 e. The molecule has 1 saturated carbocycles. The molecule has 1 amide bonds. The number of methoxy groups -OCH3 is 1. The topological polar surface area (TPSA) is 106 Å². The second-order valence-corrected chi connectivity index (χ2v) is 10.5. The van der Waals surface area contributed by atoms with Gasteiger partial charge < -0.3 is 19.9 Å². The van der Waals surface area contributed by atoms with Gasteiger partial charge in [0.05, 0.1) is 7.11 Å². The highest BCUT2D eigenvalue weighted by molar-refractivity contribution is 6.06. The smallest absolute Gasteiger partial charge is 0.496 e. The summed E-state index contributed by atoms with van der Waals surface area (Å²) < 4.78 is 47.0. The number of alkyl halides is 3. The first-order valence-corrected chi connectivity index (χ1v) is 13.6. The van der Waals surface area contributed by atoms with Gasteiger partial charge in [-0.2, -0.15) is 4.99 Å². The number of ether oxygens (including phenoxy) is 2.